The predicted octanol–water partition coefficient (Wildman–Crippen LogP) is 1.93. The number of hydrogen-bond acceptors (Lipinski definition) is 3. The summed E-state index contributed by atoms with van der Waals surface area (Å²) < 4.78 is 0. The minimum absolute atomic E-state index is 0.732. The lowest BCUT2D eigenvalue weighted by molar-refractivity contribution is 0.0192. The van der Waals surface area contributed by atoms with Crippen LogP contribution in [-0.2, 0) is 0 Å². The average Bonchev–Trinajstić information content (AvgIpc) is 3.27. The lowest BCUT2D eigenvalue weighted by Gasteiger charge is -2.47. The Bertz CT molecular complexity index is 290. The Morgan fingerprint density at radius 2 is 1.89 bits per heavy atom. The standard InChI is InChI=1S/C16H31N3/c1-13(11-17-15-6-7-15)14(2)19-10-9-18-8-4-3-5-16(18)12-19/h13-17H,3-12H2,1-2H3. The third-order valence-electron chi connectivity index (χ3n) is 5.57. The Kier molecular flexibility index (Phi) is 4.45. The lowest BCUT2D eigenvalue weighted by Crippen LogP contribution is -2.58. The largest absolute Gasteiger partial charge is 0.314 e. The molecule has 3 heteroatoms. The Hall–Kier alpha value is -0.120. The van der Waals surface area contributed by atoms with Gasteiger partial charge in [0.2, 0.25) is 0 Å². The SMILES string of the molecule is CC(CNC1CC1)C(C)N1CCN2CCCCC2C1. The second-order valence-corrected chi connectivity index (χ2v) is 7.08. The highest BCUT2D eigenvalue weighted by atomic mass is 15.3. The van der Waals surface area contributed by atoms with Gasteiger partial charge in [-0.1, -0.05) is 13.3 Å². The smallest absolute Gasteiger partial charge is 0.0223 e. The topological polar surface area (TPSA) is 18.5 Å². The summed E-state index contributed by atoms with van der Waals surface area (Å²) in [5.41, 5.74) is 0. The highest BCUT2D eigenvalue weighted by Crippen LogP contribution is 2.24. The van der Waals surface area contributed by atoms with Gasteiger partial charge in [-0.15, -0.1) is 0 Å². The Morgan fingerprint density at radius 1 is 1.05 bits per heavy atom. The van der Waals surface area contributed by atoms with E-state index in [2.05, 4.69) is 29.0 Å². The van der Waals surface area contributed by atoms with Crippen molar-refractivity contribution in [2.75, 3.05) is 32.7 Å². The molecule has 2 saturated heterocycles. The molecule has 0 amide bonds. The van der Waals surface area contributed by atoms with Gasteiger partial charge in [0.05, 0.1) is 0 Å². The molecule has 3 aliphatic rings. The maximum Gasteiger partial charge on any atom is 0.0223 e. The molecular formula is C16H31N3. The molecule has 3 nitrogen and oxygen atoms in total. The monoisotopic (exact) mass is 265 g/mol. The molecule has 0 spiro atoms. The molecule has 0 aromatic heterocycles. The van der Waals surface area contributed by atoms with Crippen molar-refractivity contribution in [2.45, 2.75) is 64.1 Å². The fourth-order valence-corrected chi connectivity index (χ4v) is 3.72. The third-order valence-corrected chi connectivity index (χ3v) is 5.57. The van der Waals surface area contributed by atoms with Gasteiger partial charge in [0.15, 0.2) is 0 Å². The molecule has 3 fully saturated rings. The van der Waals surface area contributed by atoms with Gasteiger partial charge in [-0.3, -0.25) is 9.80 Å². The predicted molar refractivity (Wildman–Crippen MR) is 80.4 cm³/mol. The first kappa shape index (κ1) is 13.8. The fourth-order valence-electron chi connectivity index (χ4n) is 3.72. The summed E-state index contributed by atoms with van der Waals surface area (Å²) in [6, 6.07) is 2.44. The molecule has 3 atom stereocenters. The molecule has 3 rings (SSSR count). The number of fused-ring (bicyclic) bond motifs is 1. The van der Waals surface area contributed by atoms with E-state index >= 15 is 0 Å². The summed E-state index contributed by atoms with van der Waals surface area (Å²) >= 11 is 0. The van der Waals surface area contributed by atoms with Gasteiger partial charge in [-0.05, 0) is 51.6 Å². The summed E-state index contributed by atoms with van der Waals surface area (Å²) in [6.07, 6.45) is 7.11. The van der Waals surface area contributed by atoms with E-state index in [4.69, 9.17) is 0 Å². The zero-order valence-electron chi connectivity index (χ0n) is 12.8. The highest BCUT2D eigenvalue weighted by molar-refractivity contribution is 4.89. The van der Waals surface area contributed by atoms with E-state index < -0.39 is 0 Å². The zero-order valence-corrected chi connectivity index (χ0v) is 12.8. The van der Waals surface area contributed by atoms with Gasteiger partial charge in [-0.2, -0.15) is 0 Å². The van der Waals surface area contributed by atoms with E-state index in [1.54, 1.807) is 0 Å². The van der Waals surface area contributed by atoms with Crippen molar-refractivity contribution in [1.29, 1.82) is 0 Å². The van der Waals surface area contributed by atoms with E-state index in [-0.39, 0.29) is 0 Å². The summed E-state index contributed by atoms with van der Waals surface area (Å²) in [5, 5.41) is 3.70. The summed E-state index contributed by atoms with van der Waals surface area (Å²) in [6.45, 7) is 11.3. The Morgan fingerprint density at radius 3 is 2.68 bits per heavy atom. The molecule has 3 unspecified atom stereocenters. The van der Waals surface area contributed by atoms with Gasteiger partial charge in [0, 0.05) is 37.8 Å². The van der Waals surface area contributed by atoms with Crippen molar-refractivity contribution in [3.05, 3.63) is 0 Å². The Labute approximate surface area is 118 Å². The molecule has 1 aliphatic carbocycles. The first-order chi connectivity index (χ1) is 9.24. The summed E-state index contributed by atoms with van der Waals surface area (Å²) in [5.74, 6) is 0.774. The van der Waals surface area contributed by atoms with Gasteiger partial charge in [0.25, 0.3) is 0 Å². The molecular weight excluding hydrogens is 234 g/mol. The number of nitrogens with one attached hydrogen (secondary N) is 1. The van der Waals surface area contributed by atoms with E-state index in [9.17, 15) is 0 Å². The fraction of sp³-hybridized carbons (Fsp3) is 1.00. The number of nitrogens with zero attached hydrogens (tertiary/aromatic N) is 2. The van der Waals surface area contributed by atoms with Crippen LogP contribution in [-0.4, -0.2) is 60.6 Å². The van der Waals surface area contributed by atoms with E-state index in [0.717, 1.165) is 24.0 Å². The summed E-state index contributed by atoms with van der Waals surface area (Å²) in [7, 11) is 0. The number of hydrogen-bond donors (Lipinski definition) is 1. The molecule has 0 aromatic carbocycles. The first-order valence-electron chi connectivity index (χ1n) is 8.45. The number of piperidine rings is 1. The minimum Gasteiger partial charge on any atom is -0.314 e. The molecule has 2 aliphatic heterocycles. The van der Waals surface area contributed by atoms with Crippen LogP contribution < -0.4 is 5.32 Å². The van der Waals surface area contributed by atoms with Crippen molar-refractivity contribution >= 4 is 0 Å². The second-order valence-electron chi connectivity index (χ2n) is 7.08. The van der Waals surface area contributed by atoms with Gasteiger partial charge in [0.1, 0.15) is 0 Å². The molecule has 2 heterocycles. The van der Waals surface area contributed by atoms with Crippen LogP contribution in [0.3, 0.4) is 0 Å². The molecule has 1 N–H and O–H groups in total. The first-order valence-corrected chi connectivity index (χ1v) is 8.45. The van der Waals surface area contributed by atoms with Gasteiger partial charge < -0.3 is 5.32 Å². The zero-order chi connectivity index (χ0) is 13.2. The van der Waals surface area contributed by atoms with Crippen LogP contribution in [0.4, 0.5) is 0 Å². The molecule has 0 aromatic rings. The maximum atomic E-state index is 3.70. The second kappa shape index (κ2) is 6.11. The third kappa shape index (κ3) is 3.50. The van der Waals surface area contributed by atoms with Gasteiger partial charge in [-0.25, -0.2) is 0 Å². The molecule has 0 bridgehead atoms. The number of rotatable bonds is 5. The van der Waals surface area contributed by atoms with Crippen LogP contribution in [0.15, 0.2) is 0 Å². The molecule has 110 valence electrons. The lowest BCUT2D eigenvalue weighted by atomic mass is 9.95. The van der Waals surface area contributed by atoms with Crippen LogP contribution >= 0.6 is 0 Å². The van der Waals surface area contributed by atoms with Crippen LogP contribution in [0.5, 0.6) is 0 Å². The molecule has 19 heavy (non-hydrogen) atoms. The normalized spacial score (nSPS) is 32.8. The highest BCUT2D eigenvalue weighted by Gasteiger charge is 2.32. The maximum absolute atomic E-state index is 3.70. The minimum atomic E-state index is 0.732. The van der Waals surface area contributed by atoms with Crippen LogP contribution in [0.2, 0.25) is 0 Å². The molecule has 1 saturated carbocycles. The van der Waals surface area contributed by atoms with Crippen LogP contribution in [0.1, 0.15) is 46.0 Å². The Balaban J connectivity index is 1.47. The van der Waals surface area contributed by atoms with Crippen molar-refractivity contribution in [3.63, 3.8) is 0 Å². The van der Waals surface area contributed by atoms with Crippen molar-refractivity contribution < 1.29 is 0 Å². The van der Waals surface area contributed by atoms with Crippen molar-refractivity contribution in [1.82, 2.24) is 15.1 Å². The van der Waals surface area contributed by atoms with Crippen molar-refractivity contribution in [3.8, 4) is 0 Å². The van der Waals surface area contributed by atoms with E-state index in [1.165, 1.54) is 64.8 Å². The van der Waals surface area contributed by atoms with Crippen LogP contribution in [0, 0.1) is 5.92 Å². The quantitative estimate of drug-likeness (QED) is 0.819. The van der Waals surface area contributed by atoms with E-state index in [0.29, 0.717) is 0 Å². The van der Waals surface area contributed by atoms with Crippen molar-refractivity contribution in [2.24, 2.45) is 5.92 Å². The number of piperazine rings is 1. The van der Waals surface area contributed by atoms with Crippen LogP contribution in [0.25, 0.3) is 0 Å². The van der Waals surface area contributed by atoms with Gasteiger partial charge >= 0.3 is 0 Å². The summed E-state index contributed by atoms with van der Waals surface area (Å²) in [4.78, 5) is 5.49. The average molecular weight is 265 g/mol. The molecule has 0 radical (unpaired) electrons. The van der Waals surface area contributed by atoms with E-state index in [1.807, 2.05) is 0 Å².